The van der Waals surface area contributed by atoms with Gasteiger partial charge in [-0.3, -0.25) is 4.79 Å². The molecule has 2 aromatic heterocycles. The predicted octanol–water partition coefficient (Wildman–Crippen LogP) is 7.31. The summed E-state index contributed by atoms with van der Waals surface area (Å²) >= 11 is 6.11. The summed E-state index contributed by atoms with van der Waals surface area (Å²) in [6.07, 6.45) is 0. The third kappa shape index (κ3) is 5.73. The normalized spacial score (nSPS) is 12.4. The number of nitrogens with zero attached hydrogens (tertiary/aromatic N) is 2. The summed E-state index contributed by atoms with van der Waals surface area (Å²) in [6, 6.07) is 14.9. The molecule has 2 aromatic carbocycles. The molecule has 4 rings (SSSR count). The van der Waals surface area contributed by atoms with Crippen LogP contribution in [-0.2, 0) is 11.3 Å². The van der Waals surface area contributed by atoms with E-state index in [0.29, 0.717) is 23.3 Å². The van der Waals surface area contributed by atoms with Crippen molar-refractivity contribution < 1.29 is 13.9 Å². The number of pyridine rings is 2. The smallest absolute Gasteiger partial charge is 0.359 e. The molecule has 1 atom stereocenters. The quantitative estimate of drug-likeness (QED) is 0.207. The average Bonchev–Trinajstić information content (AvgIpc) is 2.84. The summed E-state index contributed by atoms with van der Waals surface area (Å²) in [4.78, 5) is 30.7. The van der Waals surface area contributed by atoms with Gasteiger partial charge in [-0.15, -0.1) is 0 Å². The molecule has 0 aliphatic rings. The highest BCUT2D eigenvalue weighted by atomic mass is 35.5. The lowest BCUT2D eigenvalue weighted by Crippen LogP contribution is -2.25. The van der Waals surface area contributed by atoms with Crippen molar-refractivity contribution in [3.8, 4) is 11.3 Å². The first-order chi connectivity index (χ1) is 17.9. The lowest BCUT2D eigenvalue weighted by molar-refractivity contribution is 0.00640. The third-order valence-electron chi connectivity index (χ3n) is 6.15. The molecule has 0 saturated carbocycles. The number of aryl methyl sites for hydroxylation is 1. The van der Waals surface area contributed by atoms with Gasteiger partial charge in [-0.25, -0.2) is 14.2 Å². The van der Waals surface area contributed by atoms with Gasteiger partial charge < -0.3 is 14.6 Å². The first-order valence-corrected chi connectivity index (χ1v) is 12.9. The highest BCUT2D eigenvalue weighted by Crippen LogP contribution is 2.32. The Hall–Kier alpha value is -3.71. The first-order valence-electron chi connectivity index (χ1n) is 12.5. The van der Waals surface area contributed by atoms with Gasteiger partial charge in [0.05, 0.1) is 11.4 Å². The second kappa shape index (κ2) is 10.6. The van der Waals surface area contributed by atoms with Gasteiger partial charge in [0.1, 0.15) is 16.6 Å². The molecule has 198 valence electrons. The van der Waals surface area contributed by atoms with Crippen molar-refractivity contribution >= 4 is 34.0 Å². The number of ether oxygens (including phenoxy) is 1. The minimum atomic E-state index is -0.702. The molecule has 0 spiro atoms. The molecule has 6 nitrogen and oxygen atoms in total. The van der Waals surface area contributed by atoms with Crippen LogP contribution in [0.25, 0.3) is 22.0 Å². The number of carbonyl (C=O) groups is 1. The van der Waals surface area contributed by atoms with Gasteiger partial charge in [-0.05, 0) is 112 Å². The van der Waals surface area contributed by atoms with Crippen LogP contribution in [0.1, 0.15) is 62.3 Å². The molecule has 0 saturated heterocycles. The van der Waals surface area contributed by atoms with Gasteiger partial charge in [0.2, 0.25) is 0 Å². The van der Waals surface area contributed by atoms with Crippen molar-refractivity contribution in [1.29, 1.82) is 0 Å². The van der Waals surface area contributed by atoms with Crippen molar-refractivity contribution in [2.24, 2.45) is 0 Å². The fourth-order valence-electron chi connectivity index (χ4n) is 4.51. The summed E-state index contributed by atoms with van der Waals surface area (Å²) in [7, 11) is 0. The van der Waals surface area contributed by atoms with Crippen LogP contribution in [0.4, 0.5) is 10.1 Å². The molecule has 1 N–H and O–H groups in total. The molecular formula is C30H31ClFN3O3. The first kappa shape index (κ1) is 27.3. The molecule has 0 amide bonds. The molecule has 0 fully saturated rings. The number of anilines is 1. The van der Waals surface area contributed by atoms with Gasteiger partial charge in [-0.1, -0.05) is 17.7 Å². The molecule has 0 aliphatic carbocycles. The second-order valence-electron chi connectivity index (χ2n) is 10.3. The molecule has 8 heteroatoms. The van der Waals surface area contributed by atoms with Crippen molar-refractivity contribution in [3.05, 3.63) is 92.7 Å². The lowest BCUT2D eigenvalue weighted by atomic mass is 9.95. The Morgan fingerprint density at radius 1 is 1.11 bits per heavy atom. The molecule has 0 radical (unpaired) electrons. The standard InChI is InChI=1S/C30H31ClFN3O3/c1-7-35-25(19-8-10-20(32)11-9-19)16-22-21(14-17(2)15-23(22)28(35)36)18(3)33-24-12-13-26(31)34-27(24)29(37)38-30(4,5)6/h8-16,18,33H,7H2,1-6H3. The Morgan fingerprint density at radius 3 is 2.42 bits per heavy atom. The fourth-order valence-corrected chi connectivity index (χ4v) is 4.66. The zero-order valence-electron chi connectivity index (χ0n) is 22.4. The number of rotatable bonds is 6. The number of hydrogen-bond acceptors (Lipinski definition) is 5. The number of carbonyl (C=O) groups excluding carboxylic acids is 1. The predicted molar refractivity (Wildman–Crippen MR) is 150 cm³/mol. The molecule has 38 heavy (non-hydrogen) atoms. The maximum atomic E-state index is 13.6. The van der Waals surface area contributed by atoms with Crippen LogP contribution in [0.5, 0.6) is 0 Å². The molecule has 2 heterocycles. The third-order valence-corrected chi connectivity index (χ3v) is 6.36. The van der Waals surface area contributed by atoms with Crippen LogP contribution in [0.15, 0.2) is 59.4 Å². The van der Waals surface area contributed by atoms with E-state index in [0.717, 1.165) is 22.1 Å². The number of aromatic nitrogens is 2. The van der Waals surface area contributed by atoms with E-state index in [4.69, 9.17) is 16.3 Å². The Morgan fingerprint density at radius 2 is 1.79 bits per heavy atom. The Balaban J connectivity index is 1.84. The van der Waals surface area contributed by atoms with E-state index in [1.54, 1.807) is 49.6 Å². The van der Waals surface area contributed by atoms with Gasteiger partial charge in [-0.2, -0.15) is 0 Å². The SMILES string of the molecule is CCn1c(-c2ccc(F)cc2)cc2c(C(C)Nc3ccc(Cl)nc3C(=O)OC(C)(C)C)cc(C)cc2c1=O. The number of nitrogens with one attached hydrogen (secondary N) is 1. The summed E-state index contributed by atoms with van der Waals surface area (Å²) in [5, 5.41) is 4.90. The summed E-state index contributed by atoms with van der Waals surface area (Å²) in [5.74, 6) is -0.931. The van der Waals surface area contributed by atoms with E-state index in [9.17, 15) is 14.0 Å². The van der Waals surface area contributed by atoms with Crippen LogP contribution >= 0.6 is 11.6 Å². The summed E-state index contributed by atoms with van der Waals surface area (Å²) < 4.78 is 20.9. The number of hydrogen-bond donors (Lipinski definition) is 1. The number of benzene rings is 2. The second-order valence-corrected chi connectivity index (χ2v) is 10.7. The molecule has 0 bridgehead atoms. The van der Waals surface area contributed by atoms with Crippen LogP contribution in [0, 0.1) is 12.7 Å². The summed E-state index contributed by atoms with van der Waals surface area (Å²) in [6.45, 7) is 11.6. The number of fused-ring (bicyclic) bond motifs is 1. The molecule has 0 aliphatic heterocycles. The number of esters is 1. The highest BCUT2D eigenvalue weighted by molar-refractivity contribution is 6.29. The van der Waals surface area contributed by atoms with E-state index in [1.165, 1.54) is 12.1 Å². The van der Waals surface area contributed by atoms with Gasteiger partial charge >= 0.3 is 5.97 Å². The Kier molecular flexibility index (Phi) is 7.61. The van der Waals surface area contributed by atoms with Crippen LogP contribution < -0.4 is 10.9 Å². The fraction of sp³-hybridized carbons (Fsp3) is 0.300. The monoisotopic (exact) mass is 535 g/mol. The topological polar surface area (TPSA) is 73.2 Å². The molecule has 1 unspecified atom stereocenters. The number of halogens is 2. The summed E-state index contributed by atoms with van der Waals surface area (Å²) in [5.41, 5.74) is 2.96. The largest absolute Gasteiger partial charge is 0.455 e. The van der Waals surface area contributed by atoms with E-state index < -0.39 is 11.6 Å². The van der Waals surface area contributed by atoms with Gasteiger partial charge in [0, 0.05) is 18.0 Å². The lowest BCUT2D eigenvalue weighted by Gasteiger charge is -2.23. The van der Waals surface area contributed by atoms with Gasteiger partial charge in [0.15, 0.2) is 5.69 Å². The van der Waals surface area contributed by atoms with E-state index >= 15 is 0 Å². The van der Waals surface area contributed by atoms with Gasteiger partial charge in [0.25, 0.3) is 5.56 Å². The highest BCUT2D eigenvalue weighted by Gasteiger charge is 2.24. The van der Waals surface area contributed by atoms with Crippen LogP contribution in [0.2, 0.25) is 5.15 Å². The van der Waals surface area contributed by atoms with Crippen molar-refractivity contribution in [2.75, 3.05) is 5.32 Å². The maximum absolute atomic E-state index is 13.6. The van der Waals surface area contributed by atoms with Crippen LogP contribution in [0.3, 0.4) is 0 Å². The van der Waals surface area contributed by atoms with Crippen molar-refractivity contribution in [2.45, 2.75) is 59.7 Å². The van der Waals surface area contributed by atoms with Crippen molar-refractivity contribution in [3.63, 3.8) is 0 Å². The zero-order chi connectivity index (χ0) is 27.8. The van der Waals surface area contributed by atoms with Crippen molar-refractivity contribution in [1.82, 2.24) is 9.55 Å². The molecular weight excluding hydrogens is 505 g/mol. The molecule has 4 aromatic rings. The van der Waals surface area contributed by atoms with E-state index in [-0.39, 0.29) is 28.3 Å². The maximum Gasteiger partial charge on any atom is 0.359 e. The van der Waals surface area contributed by atoms with E-state index in [2.05, 4.69) is 10.3 Å². The Labute approximate surface area is 226 Å². The average molecular weight is 536 g/mol. The van der Waals surface area contributed by atoms with Crippen LogP contribution in [-0.4, -0.2) is 21.1 Å². The zero-order valence-corrected chi connectivity index (χ0v) is 23.1. The minimum absolute atomic E-state index is 0.0802. The Bertz CT molecular complexity index is 1570. The van der Waals surface area contributed by atoms with E-state index in [1.807, 2.05) is 39.0 Å². The minimum Gasteiger partial charge on any atom is -0.455 e.